The maximum Gasteiger partial charge on any atom is 0.221 e. The van der Waals surface area contributed by atoms with E-state index < -0.39 is 0 Å². The van der Waals surface area contributed by atoms with Gasteiger partial charge in [0.15, 0.2) is 0 Å². The Morgan fingerprint density at radius 3 is 3.11 bits per heavy atom. The molecule has 0 aromatic carbocycles. The van der Waals surface area contributed by atoms with Crippen LogP contribution in [0, 0.1) is 0 Å². The number of amides is 1. The first-order valence-corrected chi connectivity index (χ1v) is 8.17. The van der Waals surface area contributed by atoms with Crippen molar-refractivity contribution in [3.05, 3.63) is 16.1 Å². The molecule has 19 heavy (non-hydrogen) atoms. The Balaban J connectivity index is 1.62. The van der Waals surface area contributed by atoms with Gasteiger partial charge in [-0.25, -0.2) is 4.98 Å². The summed E-state index contributed by atoms with van der Waals surface area (Å²) in [5.41, 5.74) is 0.985. The third-order valence-corrected chi connectivity index (χ3v) is 4.49. The Labute approximate surface area is 123 Å². The zero-order valence-corrected chi connectivity index (χ0v) is 12.6. The summed E-state index contributed by atoms with van der Waals surface area (Å²) in [5.74, 6) is 0.685. The van der Waals surface area contributed by atoms with Crippen LogP contribution in [0.25, 0.3) is 0 Å². The number of carbonyl (C=O) groups is 1. The van der Waals surface area contributed by atoms with Crippen LogP contribution in [0.15, 0.2) is 5.38 Å². The molecule has 106 valence electrons. The SMILES string of the molecule is O=C1CCN(CCCCc2nc(CCl)cs2)CCN1. The normalized spacial score (nSPS) is 17.2. The van der Waals surface area contributed by atoms with E-state index in [-0.39, 0.29) is 5.91 Å². The summed E-state index contributed by atoms with van der Waals surface area (Å²) in [6.45, 7) is 3.71. The smallest absolute Gasteiger partial charge is 0.221 e. The molecule has 1 saturated heterocycles. The number of unbranched alkanes of at least 4 members (excludes halogenated alkanes) is 1. The average Bonchev–Trinajstić information content (AvgIpc) is 2.78. The van der Waals surface area contributed by atoms with Crippen molar-refractivity contribution in [2.24, 2.45) is 0 Å². The van der Waals surface area contributed by atoms with Crippen LogP contribution in [0.3, 0.4) is 0 Å². The second-order valence-electron chi connectivity index (χ2n) is 4.76. The van der Waals surface area contributed by atoms with Crippen LogP contribution in [-0.4, -0.2) is 42.0 Å². The van der Waals surface area contributed by atoms with Gasteiger partial charge in [0.2, 0.25) is 5.91 Å². The van der Waals surface area contributed by atoms with Crippen LogP contribution in [0.2, 0.25) is 0 Å². The van der Waals surface area contributed by atoms with E-state index in [1.807, 2.05) is 5.38 Å². The summed E-state index contributed by atoms with van der Waals surface area (Å²) in [7, 11) is 0. The first kappa shape index (κ1) is 14.8. The van der Waals surface area contributed by atoms with Crippen molar-refractivity contribution in [1.29, 1.82) is 0 Å². The standard InChI is InChI=1S/C13H20ClN3OS/c14-9-11-10-19-13(16-11)3-1-2-6-17-7-4-12(18)15-5-8-17/h10H,1-9H2,(H,15,18). The molecule has 0 atom stereocenters. The van der Waals surface area contributed by atoms with E-state index in [2.05, 4.69) is 15.2 Å². The molecule has 1 N–H and O–H groups in total. The highest BCUT2D eigenvalue weighted by molar-refractivity contribution is 7.09. The number of hydrogen-bond acceptors (Lipinski definition) is 4. The van der Waals surface area contributed by atoms with Gasteiger partial charge in [-0.1, -0.05) is 0 Å². The van der Waals surface area contributed by atoms with Crippen molar-refractivity contribution in [3.8, 4) is 0 Å². The molecule has 1 aromatic heterocycles. The summed E-state index contributed by atoms with van der Waals surface area (Å²) in [6, 6.07) is 0. The van der Waals surface area contributed by atoms with Gasteiger partial charge in [0.25, 0.3) is 0 Å². The van der Waals surface area contributed by atoms with E-state index in [0.29, 0.717) is 12.3 Å². The highest BCUT2D eigenvalue weighted by Gasteiger charge is 2.12. The predicted octanol–water partition coefficient (Wildman–Crippen LogP) is 2.03. The van der Waals surface area contributed by atoms with E-state index in [1.54, 1.807) is 11.3 Å². The zero-order chi connectivity index (χ0) is 13.5. The minimum Gasteiger partial charge on any atom is -0.355 e. The van der Waals surface area contributed by atoms with Crippen LogP contribution in [0.1, 0.15) is 30.0 Å². The summed E-state index contributed by atoms with van der Waals surface area (Å²) < 4.78 is 0. The van der Waals surface area contributed by atoms with Crippen LogP contribution in [-0.2, 0) is 17.1 Å². The van der Waals surface area contributed by atoms with Crippen LogP contribution in [0.4, 0.5) is 0 Å². The summed E-state index contributed by atoms with van der Waals surface area (Å²) in [6.07, 6.45) is 3.97. The lowest BCUT2D eigenvalue weighted by atomic mass is 10.2. The number of thiazole rings is 1. The maximum atomic E-state index is 11.2. The Hall–Kier alpha value is -0.650. The van der Waals surface area contributed by atoms with Crippen molar-refractivity contribution in [3.63, 3.8) is 0 Å². The van der Waals surface area contributed by atoms with E-state index in [4.69, 9.17) is 11.6 Å². The summed E-state index contributed by atoms with van der Waals surface area (Å²) >= 11 is 7.43. The Morgan fingerprint density at radius 1 is 1.42 bits per heavy atom. The minimum atomic E-state index is 0.180. The topological polar surface area (TPSA) is 45.2 Å². The first-order chi connectivity index (χ1) is 9.28. The summed E-state index contributed by atoms with van der Waals surface area (Å²) in [5, 5.41) is 6.12. The number of nitrogens with zero attached hydrogens (tertiary/aromatic N) is 2. The highest BCUT2D eigenvalue weighted by Crippen LogP contribution is 2.14. The predicted molar refractivity (Wildman–Crippen MR) is 78.7 cm³/mol. The Kier molecular flexibility index (Phi) is 6.07. The molecule has 0 aliphatic carbocycles. The molecule has 0 radical (unpaired) electrons. The van der Waals surface area contributed by atoms with Crippen molar-refractivity contribution in [2.75, 3.05) is 26.2 Å². The molecule has 0 unspecified atom stereocenters. The van der Waals surface area contributed by atoms with Gasteiger partial charge in [-0.2, -0.15) is 0 Å². The van der Waals surface area contributed by atoms with Crippen LogP contribution in [0.5, 0.6) is 0 Å². The number of rotatable bonds is 6. The van der Waals surface area contributed by atoms with Crippen LogP contribution >= 0.6 is 22.9 Å². The fourth-order valence-corrected chi connectivity index (χ4v) is 3.24. The molecule has 1 aliphatic rings. The molecule has 0 bridgehead atoms. The molecule has 1 amide bonds. The average molecular weight is 302 g/mol. The molecule has 4 nitrogen and oxygen atoms in total. The first-order valence-electron chi connectivity index (χ1n) is 6.76. The molecule has 6 heteroatoms. The van der Waals surface area contributed by atoms with Crippen molar-refractivity contribution in [1.82, 2.24) is 15.2 Å². The number of aryl methyl sites for hydroxylation is 1. The molecule has 1 aromatic rings. The molecule has 0 spiro atoms. The van der Waals surface area contributed by atoms with Gasteiger partial charge < -0.3 is 10.2 Å². The monoisotopic (exact) mass is 301 g/mol. The zero-order valence-electron chi connectivity index (χ0n) is 11.0. The van der Waals surface area contributed by atoms with Crippen LogP contribution < -0.4 is 5.32 Å². The molecule has 1 fully saturated rings. The lowest BCUT2D eigenvalue weighted by Crippen LogP contribution is -2.29. The lowest BCUT2D eigenvalue weighted by Gasteiger charge is -2.18. The number of halogens is 1. The Bertz CT molecular complexity index is 410. The number of nitrogens with one attached hydrogen (secondary N) is 1. The highest BCUT2D eigenvalue weighted by atomic mass is 35.5. The fraction of sp³-hybridized carbons (Fsp3) is 0.692. The Morgan fingerprint density at radius 2 is 2.32 bits per heavy atom. The number of alkyl halides is 1. The number of carbonyl (C=O) groups excluding carboxylic acids is 1. The minimum absolute atomic E-state index is 0.180. The molecule has 2 rings (SSSR count). The largest absolute Gasteiger partial charge is 0.355 e. The third kappa shape index (κ3) is 5.09. The van der Waals surface area contributed by atoms with Gasteiger partial charge in [0, 0.05) is 31.4 Å². The molecule has 2 heterocycles. The molecule has 0 saturated carbocycles. The van der Waals surface area contributed by atoms with Crippen molar-refractivity contribution < 1.29 is 4.79 Å². The van der Waals surface area contributed by atoms with E-state index in [1.165, 1.54) is 5.01 Å². The van der Waals surface area contributed by atoms with Gasteiger partial charge >= 0.3 is 0 Å². The second kappa shape index (κ2) is 7.82. The molecule has 1 aliphatic heterocycles. The van der Waals surface area contributed by atoms with Crippen molar-refractivity contribution >= 4 is 28.8 Å². The maximum absolute atomic E-state index is 11.2. The van der Waals surface area contributed by atoms with E-state index in [0.717, 1.165) is 51.1 Å². The van der Waals surface area contributed by atoms with Gasteiger partial charge in [0.05, 0.1) is 16.6 Å². The summed E-state index contributed by atoms with van der Waals surface area (Å²) in [4.78, 5) is 18.0. The lowest BCUT2D eigenvalue weighted by molar-refractivity contribution is -0.120. The van der Waals surface area contributed by atoms with E-state index >= 15 is 0 Å². The van der Waals surface area contributed by atoms with Gasteiger partial charge in [-0.05, 0) is 25.8 Å². The van der Waals surface area contributed by atoms with Gasteiger partial charge in [0.1, 0.15) is 0 Å². The number of aromatic nitrogens is 1. The van der Waals surface area contributed by atoms with E-state index in [9.17, 15) is 4.79 Å². The quantitative estimate of drug-likeness (QED) is 0.646. The number of hydrogen-bond donors (Lipinski definition) is 1. The molecular formula is C13H20ClN3OS. The van der Waals surface area contributed by atoms with Gasteiger partial charge in [-0.15, -0.1) is 22.9 Å². The molecular weight excluding hydrogens is 282 g/mol. The second-order valence-corrected chi connectivity index (χ2v) is 5.97. The van der Waals surface area contributed by atoms with Crippen molar-refractivity contribution in [2.45, 2.75) is 31.6 Å². The van der Waals surface area contributed by atoms with Gasteiger partial charge in [-0.3, -0.25) is 4.79 Å². The third-order valence-electron chi connectivity index (χ3n) is 3.26. The fourth-order valence-electron chi connectivity index (χ4n) is 2.17.